The SMILES string of the molecule is O=S(=O)(NC1CN2CCC1CC2)c1ccnc(Cl)c1. The summed E-state index contributed by atoms with van der Waals surface area (Å²) in [7, 11) is -3.51. The number of sulfonamides is 1. The Kier molecular flexibility index (Phi) is 3.51. The highest BCUT2D eigenvalue weighted by Gasteiger charge is 2.36. The number of pyridine rings is 1. The van der Waals surface area contributed by atoms with Gasteiger partial charge in [-0.3, -0.25) is 0 Å². The summed E-state index contributed by atoms with van der Waals surface area (Å²) in [6.45, 7) is 2.98. The maximum absolute atomic E-state index is 12.3. The van der Waals surface area contributed by atoms with Crippen LogP contribution in [0.25, 0.3) is 0 Å². The Hall–Kier alpha value is -0.690. The zero-order valence-electron chi connectivity index (χ0n) is 10.4. The average molecular weight is 302 g/mol. The number of aromatic nitrogens is 1. The zero-order valence-corrected chi connectivity index (χ0v) is 12.0. The molecule has 3 aliphatic rings. The van der Waals surface area contributed by atoms with Crippen LogP contribution in [0.15, 0.2) is 23.2 Å². The Morgan fingerprint density at radius 1 is 1.37 bits per heavy atom. The minimum absolute atomic E-state index is 0.0134. The Balaban J connectivity index is 1.79. The predicted molar refractivity (Wildman–Crippen MR) is 72.5 cm³/mol. The Morgan fingerprint density at radius 2 is 2.11 bits per heavy atom. The van der Waals surface area contributed by atoms with Crippen LogP contribution in [0.1, 0.15) is 12.8 Å². The Bertz CT molecular complexity index is 570. The van der Waals surface area contributed by atoms with Crippen LogP contribution in [0, 0.1) is 5.92 Å². The van der Waals surface area contributed by atoms with Gasteiger partial charge in [-0.25, -0.2) is 18.1 Å². The summed E-state index contributed by atoms with van der Waals surface area (Å²) in [5, 5.41) is 0.191. The van der Waals surface area contributed by atoms with Gasteiger partial charge in [0.2, 0.25) is 10.0 Å². The van der Waals surface area contributed by atoms with Crippen LogP contribution in [-0.2, 0) is 10.0 Å². The summed E-state index contributed by atoms with van der Waals surface area (Å²) in [6.07, 6.45) is 3.56. The molecule has 1 aromatic heterocycles. The van der Waals surface area contributed by atoms with E-state index in [1.165, 1.54) is 18.3 Å². The third-order valence-electron chi connectivity index (χ3n) is 3.97. The molecule has 3 saturated heterocycles. The normalized spacial score (nSPS) is 30.5. The number of halogens is 1. The minimum atomic E-state index is -3.51. The monoisotopic (exact) mass is 301 g/mol. The van der Waals surface area contributed by atoms with Crippen LogP contribution >= 0.6 is 11.6 Å². The van der Waals surface area contributed by atoms with Crippen LogP contribution in [0.2, 0.25) is 5.15 Å². The molecule has 0 aliphatic carbocycles. The van der Waals surface area contributed by atoms with Crippen molar-refractivity contribution in [3.05, 3.63) is 23.5 Å². The zero-order chi connectivity index (χ0) is 13.5. The van der Waals surface area contributed by atoms with E-state index in [1.807, 2.05) is 0 Å². The van der Waals surface area contributed by atoms with Gasteiger partial charge in [-0.1, -0.05) is 11.6 Å². The summed E-state index contributed by atoms with van der Waals surface area (Å²) in [4.78, 5) is 6.30. The van der Waals surface area contributed by atoms with Crippen molar-refractivity contribution in [2.45, 2.75) is 23.8 Å². The summed E-state index contributed by atoms with van der Waals surface area (Å²) < 4.78 is 27.4. The van der Waals surface area contributed by atoms with E-state index in [0.29, 0.717) is 5.92 Å². The maximum atomic E-state index is 12.3. The van der Waals surface area contributed by atoms with Gasteiger partial charge in [0.05, 0.1) is 4.90 Å². The van der Waals surface area contributed by atoms with E-state index in [0.717, 1.165) is 32.5 Å². The number of rotatable bonds is 3. The molecule has 1 aromatic rings. The first-order chi connectivity index (χ1) is 9.04. The van der Waals surface area contributed by atoms with Gasteiger partial charge in [0.1, 0.15) is 5.15 Å². The van der Waals surface area contributed by atoms with Crippen molar-refractivity contribution in [1.29, 1.82) is 0 Å². The third-order valence-corrected chi connectivity index (χ3v) is 5.67. The maximum Gasteiger partial charge on any atom is 0.241 e. The average Bonchev–Trinajstić information content (AvgIpc) is 2.39. The van der Waals surface area contributed by atoms with Crippen molar-refractivity contribution in [2.75, 3.05) is 19.6 Å². The minimum Gasteiger partial charge on any atom is -0.302 e. The second kappa shape index (κ2) is 5.01. The van der Waals surface area contributed by atoms with Gasteiger partial charge in [-0.05, 0) is 44.0 Å². The fourth-order valence-corrected chi connectivity index (χ4v) is 4.46. The van der Waals surface area contributed by atoms with Crippen molar-refractivity contribution >= 4 is 21.6 Å². The molecule has 1 unspecified atom stereocenters. The van der Waals surface area contributed by atoms with E-state index >= 15 is 0 Å². The first-order valence-corrected chi connectivity index (χ1v) is 8.27. The molecule has 0 amide bonds. The number of nitrogens with one attached hydrogen (secondary N) is 1. The van der Waals surface area contributed by atoms with E-state index < -0.39 is 10.0 Å². The molecule has 3 aliphatic heterocycles. The molecular formula is C12H16ClN3O2S. The number of hydrogen-bond acceptors (Lipinski definition) is 4. The molecule has 4 heterocycles. The lowest BCUT2D eigenvalue weighted by atomic mass is 9.85. The molecule has 0 radical (unpaired) electrons. The number of hydrogen-bond donors (Lipinski definition) is 1. The first kappa shape index (κ1) is 13.3. The molecule has 1 N–H and O–H groups in total. The summed E-state index contributed by atoms with van der Waals surface area (Å²) >= 11 is 5.75. The molecule has 7 heteroatoms. The smallest absolute Gasteiger partial charge is 0.241 e. The highest BCUT2D eigenvalue weighted by atomic mass is 35.5. The van der Waals surface area contributed by atoms with Crippen molar-refractivity contribution in [3.63, 3.8) is 0 Å². The number of piperidine rings is 3. The lowest BCUT2D eigenvalue weighted by molar-refractivity contribution is 0.0827. The topological polar surface area (TPSA) is 62.3 Å². The van der Waals surface area contributed by atoms with Crippen LogP contribution in [0.4, 0.5) is 0 Å². The van der Waals surface area contributed by atoms with Gasteiger partial charge < -0.3 is 4.90 Å². The molecule has 0 saturated carbocycles. The van der Waals surface area contributed by atoms with Gasteiger partial charge in [0.25, 0.3) is 0 Å². The van der Waals surface area contributed by atoms with E-state index in [1.54, 1.807) is 0 Å². The third kappa shape index (κ3) is 2.76. The number of fused-ring (bicyclic) bond motifs is 3. The lowest BCUT2D eigenvalue weighted by Crippen LogP contribution is -2.57. The fourth-order valence-electron chi connectivity index (χ4n) is 2.92. The molecule has 0 aromatic carbocycles. The van der Waals surface area contributed by atoms with E-state index in [-0.39, 0.29) is 16.1 Å². The molecule has 0 spiro atoms. The molecule has 4 rings (SSSR count). The van der Waals surface area contributed by atoms with Crippen molar-refractivity contribution in [2.24, 2.45) is 5.92 Å². The largest absolute Gasteiger partial charge is 0.302 e. The molecule has 3 fully saturated rings. The summed E-state index contributed by atoms with van der Waals surface area (Å²) in [5.74, 6) is 0.456. The van der Waals surface area contributed by atoms with Gasteiger partial charge in [-0.15, -0.1) is 0 Å². The molecular weight excluding hydrogens is 286 g/mol. The Labute approximate surface area is 118 Å². The first-order valence-electron chi connectivity index (χ1n) is 6.41. The van der Waals surface area contributed by atoms with Crippen molar-refractivity contribution in [1.82, 2.24) is 14.6 Å². The predicted octanol–water partition coefficient (Wildman–Crippen LogP) is 1.11. The molecule has 2 bridgehead atoms. The van der Waals surface area contributed by atoms with Gasteiger partial charge in [0.15, 0.2) is 0 Å². The van der Waals surface area contributed by atoms with Gasteiger partial charge >= 0.3 is 0 Å². The van der Waals surface area contributed by atoms with Crippen LogP contribution in [-0.4, -0.2) is 44.0 Å². The molecule has 5 nitrogen and oxygen atoms in total. The van der Waals surface area contributed by atoms with Gasteiger partial charge in [-0.2, -0.15) is 0 Å². The van der Waals surface area contributed by atoms with E-state index in [4.69, 9.17) is 11.6 Å². The quantitative estimate of drug-likeness (QED) is 0.850. The highest BCUT2D eigenvalue weighted by Crippen LogP contribution is 2.28. The van der Waals surface area contributed by atoms with Crippen molar-refractivity contribution < 1.29 is 8.42 Å². The number of nitrogens with zero attached hydrogens (tertiary/aromatic N) is 2. The second-order valence-corrected chi connectivity index (χ2v) is 7.28. The Morgan fingerprint density at radius 3 is 2.68 bits per heavy atom. The van der Waals surface area contributed by atoms with Crippen LogP contribution < -0.4 is 4.72 Å². The molecule has 19 heavy (non-hydrogen) atoms. The van der Waals surface area contributed by atoms with Gasteiger partial charge in [0, 0.05) is 18.8 Å². The van der Waals surface area contributed by atoms with Crippen molar-refractivity contribution in [3.8, 4) is 0 Å². The highest BCUT2D eigenvalue weighted by molar-refractivity contribution is 7.89. The van der Waals surface area contributed by atoms with E-state index in [9.17, 15) is 8.42 Å². The standard InChI is InChI=1S/C12H16ClN3O2S/c13-12-7-10(1-4-14-12)19(17,18)15-11-8-16-5-2-9(11)3-6-16/h1,4,7,9,11,15H,2-3,5-6,8H2. The van der Waals surface area contributed by atoms with Crippen LogP contribution in [0.5, 0.6) is 0 Å². The molecule has 1 atom stereocenters. The summed E-state index contributed by atoms with van der Waals surface area (Å²) in [5.41, 5.74) is 0. The second-order valence-electron chi connectivity index (χ2n) is 5.18. The molecule has 104 valence electrons. The van der Waals surface area contributed by atoms with Crippen LogP contribution in [0.3, 0.4) is 0 Å². The lowest BCUT2D eigenvalue weighted by Gasteiger charge is -2.44. The summed E-state index contributed by atoms with van der Waals surface area (Å²) in [6, 6.07) is 2.86. The fraction of sp³-hybridized carbons (Fsp3) is 0.583. The van der Waals surface area contributed by atoms with E-state index in [2.05, 4.69) is 14.6 Å².